The number of pyridine rings is 1. The number of hydrogen-bond donors (Lipinski definition) is 2. The van der Waals surface area contributed by atoms with Gasteiger partial charge in [-0.2, -0.15) is 5.10 Å². The molecular weight excluding hydrogens is 421 g/mol. The van der Waals surface area contributed by atoms with Crippen molar-refractivity contribution in [1.29, 1.82) is 0 Å². The number of methoxy groups -OCH3 is 1. The van der Waals surface area contributed by atoms with Crippen LogP contribution >= 0.6 is 0 Å². The molecule has 3 aliphatic carbocycles. The molecule has 0 amide bonds. The van der Waals surface area contributed by atoms with Gasteiger partial charge in [0.15, 0.2) is 23.1 Å². The molecule has 4 aliphatic rings. The van der Waals surface area contributed by atoms with Crippen molar-refractivity contribution < 1.29 is 17.9 Å². The second-order valence-corrected chi connectivity index (χ2v) is 9.14. The third-order valence-corrected chi connectivity index (χ3v) is 7.11. The lowest BCUT2D eigenvalue weighted by Gasteiger charge is -2.61. The van der Waals surface area contributed by atoms with Crippen LogP contribution in [0.5, 0.6) is 5.75 Å². The zero-order valence-corrected chi connectivity index (χ0v) is 17.5. The number of alkyl halides is 1. The molecule has 1 saturated heterocycles. The summed E-state index contributed by atoms with van der Waals surface area (Å²) in [6, 6.07) is 1.90. The maximum Gasteiger partial charge on any atom is 0.168 e. The van der Waals surface area contributed by atoms with E-state index >= 15 is 0 Å². The van der Waals surface area contributed by atoms with Crippen molar-refractivity contribution in [3.05, 3.63) is 35.7 Å². The van der Waals surface area contributed by atoms with Crippen LogP contribution in [0.25, 0.3) is 17.0 Å². The van der Waals surface area contributed by atoms with E-state index in [1.165, 1.54) is 10.7 Å². The van der Waals surface area contributed by atoms with Gasteiger partial charge >= 0.3 is 0 Å². The Bertz CT molecular complexity index is 1200. The van der Waals surface area contributed by atoms with Crippen molar-refractivity contribution >= 4 is 11.5 Å². The Morgan fingerprint density at radius 1 is 1.22 bits per heavy atom. The fourth-order valence-corrected chi connectivity index (χ4v) is 5.24. The third kappa shape index (κ3) is 2.88. The second kappa shape index (κ2) is 7.06. The molecule has 1 unspecified atom stereocenters. The summed E-state index contributed by atoms with van der Waals surface area (Å²) in [5.74, 6) is -0.486. The molecule has 2 atom stereocenters. The van der Waals surface area contributed by atoms with Crippen LogP contribution in [-0.2, 0) is 5.41 Å². The Balaban J connectivity index is 1.42. The van der Waals surface area contributed by atoms with E-state index in [4.69, 9.17) is 9.84 Å². The largest absolute Gasteiger partial charge is 0.495 e. The van der Waals surface area contributed by atoms with Gasteiger partial charge in [0.25, 0.3) is 0 Å². The minimum atomic E-state index is -1.15. The van der Waals surface area contributed by atoms with Gasteiger partial charge in [-0.25, -0.2) is 27.7 Å². The molecule has 32 heavy (non-hydrogen) atoms. The van der Waals surface area contributed by atoms with Gasteiger partial charge in [-0.15, -0.1) is 0 Å². The van der Waals surface area contributed by atoms with Gasteiger partial charge in [-0.05, 0) is 38.1 Å². The minimum Gasteiger partial charge on any atom is -0.495 e. The molecule has 3 aromatic rings. The van der Waals surface area contributed by atoms with Gasteiger partial charge in [0.1, 0.15) is 29.0 Å². The number of piperidine rings is 1. The molecule has 4 fully saturated rings. The van der Waals surface area contributed by atoms with Gasteiger partial charge in [0.2, 0.25) is 0 Å². The average Bonchev–Trinajstić information content (AvgIpc) is 3.11. The average molecular weight is 444 g/mol. The molecule has 0 spiro atoms. The first kappa shape index (κ1) is 19.8. The Labute approximate surface area is 182 Å². The Hall–Kier alpha value is -2.88. The normalized spacial score (nSPS) is 28.8. The number of ether oxygens (including phenoxy) is 1. The summed E-state index contributed by atoms with van der Waals surface area (Å²) in [5.41, 5.74) is 1.53. The first-order valence-corrected chi connectivity index (χ1v) is 10.9. The van der Waals surface area contributed by atoms with Crippen molar-refractivity contribution in [2.24, 2.45) is 5.92 Å². The molecule has 2 N–H and O–H groups in total. The van der Waals surface area contributed by atoms with E-state index in [9.17, 15) is 13.2 Å². The monoisotopic (exact) mass is 444 g/mol. The lowest BCUT2D eigenvalue weighted by molar-refractivity contribution is -0.0333. The van der Waals surface area contributed by atoms with Crippen LogP contribution in [-0.4, -0.2) is 52.0 Å². The number of imidazole rings is 1. The SMILES string of the molecule is COc1cc2ncc(-c3nc(NC4CNCC[C@@H]4F)c(F)cc3F)n2nc1C12CC(C1)C2. The number of anilines is 1. The van der Waals surface area contributed by atoms with Crippen molar-refractivity contribution in [2.45, 2.75) is 43.3 Å². The van der Waals surface area contributed by atoms with Crippen molar-refractivity contribution in [1.82, 2.24) is 24.9 Å². The summed E-state index contributed by atoms with van der Waals surface area (Å²) in [6.45, 7) is 0.893. The predicted molar refractivity (Wildman–Crippen MR) is 111 cm³/mol. The molecule has 0 radical (unpaired) electrons. The predicted octanol–water partition coefficient (Wildman–Crippen LogP) is 3.24. The Morgan fingerprint density at radius 2 is 2.03 bits per heavy atom. The standard InChI is InChI=1S/C22H23F3N6O/c1-32-17-5-18-27-10-16(31(18)30-20(17)22-6-11(7-22)8-22)19-13(24)4-14(25)21(29-19)28-15-9-26-3-2-12(15)23/h4-5,10-12,15,26H,2-3,6-9H2,1H3,(H,28,29)/t11?,12-,15?,22?/m0/s1. The van der Waals surface area contributed by atoms with Crippen LogP contribution in [0.1, 0.15) is 31.4 Å². The van der Waals surface area contributed by atoms with Gasteiger partial charge in [0, 0.05) is 24.1 Å². The van der Waals surface area contributed by atoms with Gasteiger partial charge in [0.05, 0.1) is 19.3 Å². The number of fused-ring (bicyclic) bond motifs is 1. The number of nitrogens with one attached hydrogen (secondary N) is 2. The molecule has 7 rings (SSSR count). The van der Waals surface area contributed by atoms with Crippen LogP contribution in [0, 0.1) is 17.6 Å². The van der Waals surface area contributed by atoms with E-state index in [1.807, 2.05) is 0 Å². The number of hydrogen-bond acceptors (Lipinski definition) is 6. The number of rotatable bonds is 5. The molecule has 3 saturated carbocycles. The molecule has 10 heteroatoms. The molecule has 3 aromatic heterocycles. The molecule has 2 bridgehead atoms. The number of aromatic nitrogens is 4. The minimum absolute atomic E-state index is 0.0113. The highest BCUT2D eigenvalue weighted by Gasteiger charge is 2.59. The fraction of sp³-hybridized carbons (Fsp3) is 0.500. The van der Waals surface area contributed by atoms with Crippen LogP contribution < -0.4 is 15.4 Å². The summed E-state index contributed by atoms with van der Waals surface area (Å²) < 4.78 is 50.6. The molecule has 1 aliphatic heterocycles. The van der Waals surface area contributed by atoms with E-state index in [0.29, 0.717) is 36.6 Å². The van der Waals surface area contributed by atoms with E-state index in [1.54, 1.807) is 13.2 Å². The summed E-state index contributed by atoms with van der Waals surface area (Å²) in [5, 5.41) is 10.6. The molecule has 168 valence electrons. The first-order valence-electron chi connectivity index (χ1n) is 10.9. The third-order valence-electron chi connectivity index (χ3n) is 7.11. The smallest absolute Gasteiger partial charge is 0.168 e. The highest BCUT2D eigenvalue weighted by Crippen LogP contribution is 2.66. The van der Waals surface area contributed by atoms with Crippen LogP contribution in [0.3, 0.4) is 0 Å². The highest BCUT2D eigenvalue weighted by atomic mass is 19.1. The van der Waals surface area contributed by atoms with Crippen LogP contribution in [0.2, 0.25) is 0 Å². The summed E-state index contributed by atoms with van der Waals surface area (Å²) in [7, 11) is 1.60. The lowest BCUT2D eigenvalue weighted by Crippen LogP contribution is -2.56. The lowest BCUT2D eigenvalue weighted by atomic mass is 9.43. The fourth-order valence-electron chi connectivity index (χ4n) is 5.24. The van der Waals surface area contributed by atoms with Crippen molar-refractivity contribution in [3.63, 3.8) is 0 Å². The van der Waals surface area contributed by atoms with E-state index in [-0.39, 0.29) is 16.9 Å². The second-order valence-electron chi connectivity index (χ2n) is 9.14. The molecule has 7 nitrogen and oxygen atoms in total. The topological polar surface area (TPSA) is 76.4 Å². The maximum absolute atomic E-state index is 14.8. The Morgan fingerprint density at radius 3 is 2.72 bits per heavy atom. The van der Waals surface area contributed by atoms with Crippen molar-refractivity contribution in [3.8, 4) is 17.1 Å². The number of halogens is 3. The maximum atomic E-state index is 14.8. The summed E-state index contributed by atoms with van der Waals surface area (Å²) in [4.78, 5) is 8.52. The van der Waals surface area contributed by atoms with Gasteiger partial charge in [-0.1, -0.05) is 0 Å². The van der Waals surface area contributed by atoms with Gasteiger partial charge in [-0.3, -0.25) is 0 Å². The highest BCUT2D eigenvalue weighted by molar-refractivity contribution is 5.63. The van der Waals surface area contributed by atoms with E-state index < -0.39 is 23.8 Å². The quantitative estimate of drug-likeness (QED) is 0.629. The molecule has 4 heterocycles. The Kier molecular flexibility index (Phi) is 4.36. The molecular formula is C22H23F3N6O. The van der Waals surface area contributed by atoms with Crippen LogP contribution in [0.15, 0.2) is 18.3 Å². The summed E-state index contributed by atoms with van der Waals surface area (Å²) >= 11 is 0. The molecule has 0 aromatic carbocycles. The van der Waals surface area contributed by atoms with E-state index in [2.05, 4.69) is 20.6 Å². The zero-order chi connectivity index (χ0) is 22.0. The van der Waals surface area contributed by atoms with E-state index in [0.717, 1.165) is 36.9 Å². The van der Waals surface area contributed by atoms with Crippen LogP contribution in [0.4, 0.5) is 19.0 Å². The first-order chi connectivity index (χ1) is 15.5. The number of nitrogens with zero attached hydrogens (tertiary/aromatic N) is 4. The summed E-state index contributed by atoms with van der Waals surface area (Å²) in [6.07, 6.45) is 3.85. The zero-order valence-electron chi connectivity index (χ0n) is 17.5. The van der Waals surface area contributed by atoms with Gasteiger partial charge < -0.3 is 15.4 Å². The van der Waals surface area contributed by atoms with Crippen molar-refractivity contribution in [2.75, 3.05) is 25.5 Å².